The van der Waals surface area contributed by atoms with Gasteiger partial charge >= 0.3 is 5.97 Å². The zero-order chi connectivity index (χ0) is 8.81. The summed E-state index contributed by atoms with van der Waals surface area (Å²) >= 11 is 0. The number of carbonyl (C=O) groups is 1. The van der Waals surface area contributed by atoms with E-state index in [0.717, 1.165) is 0 Å². The molecule has 0 aliphatic heterocycles. The Labute approximate surface area is 69.3 Å². The Bertz CT molecular complexity index is 234. The average molecular weight is 170 g/mol. The van der Waals surface area contributed by atoms with Crippen LogP contribution in [0.5, 0.6) is 0 Å². The standard InChI is InChI=1S/C6H10N4O2/c1-2-12-6(11)4-3-5-7-9-10-8-5/h2-4H2,1H3,(H,7,8,9,10). The van der Waals surface area contributed by atoms with Crippen molar-refractivity contribution in [3.8, 4) is 0 Å². The van der Waals surface area contributed by atoms with Gasteiger partial charge in [-0.3, -0.25) is 4.79 Å². The van der Waals surface area contributed by atoms with Gasteiger partial charge in [-0.05, 0) is 6.92 Å². The van der Waals surface area contributed by atoms with Crippen molar-refractivity contribution in [1.29, 1.82) is 0 Å². The number of esters is 1. The van der Waals surface area contributed by atoms with Crippen LogP contribution in [0.15, 0.2) is 0 Å². The Balaban J connectivity index is 2.22. The molecule has 0 saturated carbocycles. The number of H-pyrrole nitrogens is 1. The van der Waals surface area contributed by atoms with Gasteiger partial charge in [-0.1, -0.05) is 5.21 Å². The smallest absolute Gasteiger partial charge is 0.306 e. The van der Waals surface area contributed by atoms with Crippen molar-refractivity contribution in [2.24, 2.45) is 0 Å². The number of aryl methyl sites for hydroxylation is 1. The maximum Gasteiger partial charge on any atom is 0.306 e. The Hall–Kier alpha value is -1.46. The number of rotatable bonds is 4. The third-order valence-electron chi connectivity index (χ3n) is 1.25. The van der Waals surface area contributed by atoms with Crippen molar-refractivity contribution in [2.45, 2.75) is 19.8 Å². The van der Waals surface area contributed by atoms with Crippen molar-refractivity contribution < 1.29 is 9.53 Å². The molecule has 0 unspecified atom stereocenters. The summed E-state index contributed by atoms with van der Waals surface area (Å²) in [5.74, 6) is 0.297. The maximum absolute atomic E-state index is 10.8. The van der Waals surface area contributed by atoms with Gasteiger partial charge in [0.05, 0.1) is 13.0 Å². The molecule has 0 atom stereocenters. The molecule has 0 spiro atoms. The molecule has 0 fully saturated rings. The predicted octanol–water partition coefficient (Wildman–Crippen LogP) is -0.305. The van der Waals surface area contributed by atoms with Crippen LogP contribution < -0.4 is 0 Å². The molecule has 1 aromatic heterocycles. The first-order chi connectivity index (χ1) is 5.83. The lowest BCUT2D eigenvalue weighted by Gasteiger charge is -1.97. The van der Waals surface area contributed by atoms with Crippen molar-refractivity contribution >= 4 is 5.97 Å². The first kappa shape index (κ1) is 8.63. The van der Waals surface area contributed by atoms with Crippen LogP contribution in [-0.2, 0) is 16.0 Å². The minimum atomic E-state index is -0.234. The molecule has 1 aromatic rings. The van der Waals surface area contributed by atoms with Gasteiger partial charge in [-0.2, -0.15) is 5.21 Å². The quantitative estimate of drug-likeness (QED) is 0.627. The molecule has 1 heterocycles. The molecule has 0 aliphatic carbocycles. The Morgan fingerprint density at radius 2 is 2.50 bits per heavy atom. The minimum Gasteiger partial charge on any atom is -0.466 e. The van der Waals surface area contributed by atoms with E-state index in [2.05, 4.69) is 20.6 Å². The van der Waals surface area contributed by atoms with Crippen LogP contribution in [-0.4, -0.2) is 33.2 Å². The molecule has 0 aliphatic rings. The van der Waals surface area contributed by atoms with E-state index >= 15 is 0 Å². The van der Waals surface area contributed by atoms with Gasteiger partial charge in [0.1, 0.15) is 0 Å². The summed E-state index contributed by atoms with van der Waals surface area (Å²) in [4.78, 5) is 10.8. The van der Waals surface area contributed by atoms with E-state index < -0.39 is 0 Å². The van der Waals surface area contributed by atoms with Crippen LogP contribution in [0, 0.1) is 0 Å². The molecule has 0 saturated heterocycles. The van der Waals surface area contributed by atoms with E-state index in [-0.39, 0.29) is 5.97 Å². The molecular weight excluding hydrogens is 160 g/mol. The highest BCUT2D eigenvalue weighted by Gasteiger charge is 2.04. The summed E-state index contributed by atoms with van der Waals surface area (Å²) in [6.45, 7) is 2.18. The maximum atomic E-state index is 10.8. The van der Waals surface area contributed by atoms with Gasteiger partial charge in [0.2, 0.25) is 0 Å². The lowest BCUT2D eigenvalue weighted by Crippen LogP contribution is -2.05. The molecule has 6 nitrogen and oxygen atoms in total. The summed E-state index contributed by atoms with van der Waals surface area (Å²) in [5.41, 5.74) is 0. The highest BCUT2D eigenvalue weighted by atomic mass is 16.5. The SMILES string of the molecule is CCOC(=O)CCc1nn[nH]n1. The van der Waals surface area contributed by atoms with Gasteiger partial charge in [-0.25, -0.2) is 0 Å². The minimum absolute atomic E-state index is 0.234. The van der Waals surface area contributed by atoms with Crippen molar-refractivity contribution in [3.63, 3.8) is 0 Å². The summed E-state index contributed by atoms with van der Waals surface area (Å²) in [6.07, 6.45) is 0.767. The van der Waals surface area contributed by atoms with Gasteiger partial charge in [0.15, 0.2) is 5.82 Å². The molecule has 1 N–H and O–H groups in total. The largest absolute Gasteiger partial charge is 0.466 e. The number of aromatic amines is 1. The van der Waals surface area contributed by atoms with E-state index in [1.54, 1.807) is 6.92 Å². The number of nitrogens with one attached hydrogen (secondary N) is 1. The monoisotopic (exact) mass is 170 g/mol. The summed E-state index contributed by atoms with van der Waals surface area (Å²) in [6, 6.07) is 0. The van der Waals surface area contributed by atoms with Crippen LogP contribution in [0.1, 0.15) is 19.2 Å². The van der Waals surface area contributed by atoms with Crippen molar-refractivity contribution in [1.82, 2.24) is 20.6 Å². The number of ether oxygens (including phenoxy) is 1. The highest BCUT2D eigenvalue weighted by Crippen LogP contribution is 1.94. The molecular formula is C6H10N4O2. The molecule has 0 amide bonds. The van der Waals surface area contributed by atoms with Gasteiger partial charge in [0, 0.05) is 6.42 Å². The Kier molecular flexibility index (Phi) is 3.18. The fraction of sp³-hybridized carbons (Fsp3) is 0.667. The van der Waals surface area contributed by atoms with Crippen LogP contribution in [0.4, 0.5) is 0 Å². The average Bonchev–Trinajstić information content (AvgIpc) is 2.53. The zero-order valence-corrected chi connectivity index (χ0v) is 6.78. The molecule has 0 aromatic carbocycles. The molecule has 0 bridgehead atoms. The van der Waals surface area contributed by atoms with Gasteiger partial charge in [0.25, 0.3) is 0 Å². The second-order valence-corrected chi connectivity index (χ2v) is 2.13. The molecule has 0 radical (unpaired) electrons. The summed E-state index contributed by atoms with van der Waals surface area (Å²) in [5, 5.41) is 13.0. The number of aromatic nitrogens is 4. The van der Waals surface area contributed by atoms with E-state index in [9.17, 15) is 4.79 Å². The van der Waals surface area contributed by atoms with Crippen LogP contribution >= 0.6 is 0 Å². The van der Waals surface area contributed by atoms with Crippen LogP contribution in [0.25, 0.3) is 0 Å². The Morgan fingerprint density at radius 3 is 3.08 bits per heavy atom. The van der Waals surface area contributed by atoms with E-state index in [1.807, 2.05) is 0 Å². The summed E-state index contributed by atoms with van der Waals surface area (Å²) < 4.78 is 4.72. The first-order valence-electron chi connectivity index (χ1n) is 3.71. The number of hydrogen-bond acceptors (Lipinski definition) is 5. The molecule has 6 heteroatoms. The zero-order valence-electron chi connectivity index (χ0n) is 6.78. The van der Waals surface area contributed by atoms with E-state index in [4.69, 9.17) is 4.74 Å². The molecule has 66 valence electrons. The number of tetrazole rings is 1. The highest BCUT2D eigenvalue weighted by molar-refractivity contribution is 5.69. The number of carbonyl (C=O) groups excluding carboxylic acids is 1. The topological polar surface area (TPSA) is 80.8 Å². The fourth-order valence-corrected chi connectivity index (χ4v) is 0.735. The third kappa shape index (κ3) is 2.65. The van der Waals surface area contributed by atoms with Crippen LogP contribution in [0.3, 0.4) is 0 Å². The van der Waals surface area contributed by atoms with E-state index in [1.165, 1.54) is 0 Å². The fourth-order valence-electron chi connectivity index (χ4n) is 0.735. The number of nitrogens with zero attached hydrogens (tertiary/aromatic N) is 3. The lowest BCUT2D eigenvalue weighted by molar-refractivity contribution is -0.143. The second-order valence-electron chi connectivity index (χ2n) is 2.13. The second kappa shape index (κ2) is 4.42. The Morgan fingerprint density at radius 1 is 1.67 bits per heavy atom. The normalized spacial score (nSPS) is 9.75. The third-order valence-corrected chi connectivity index (χ3v) is 1.25. The van der Waals surface area contributed by atoms with Crippen LogP contribution in [0.2, 0.25) is 0 Å². The van der Waals surface area contributed by atoms with Gasteiger partial charge < -0.3 is 4.74 Å². The molecule has 12 heavy (non-hydrogen) atoms. The molecule has 1 rings (SSSR count). The summed E-state index contributed by atoms with van der Waals surface area (Å²) in [7, 11) is 0. The lowest BCUT2D eigenvalue weighted by atomic mass is 10.3. The predicted molar refractivity (Wildman–Crippen MR) is 39.1 cm³/mol. The van der Waals surface area contributed by atoms with Crippen molar-refractivity contribution in [3.05, 3.63) is 5.82 Å². The first-order valence-corrected chi connectivity index (χ1v) is 3.71. The van der Waals surface area contributed by atoms with Crippen molar-refractivity contribution in [2.75, 3.05) is 6.61 Å². The van der Waals surface area contributed by atoms with E-state index in [0.29, 0.717) is 25.3 Å². The number of hydrogen-bond donors (Lipinski definition) is 1. The van der Waals surface area contributed by atoms with Gasteiger partial charge in [-0.15, -0.1) is 10.2 Å².